The summed E-state index contributed by atoms with van der Waals surface area (Å²) in [5.41, 5.74) is -0.00300. The summed E-state index contributed by atoms with van der Waals surface area (Å²) in [6.07, 6.45) is 2.62. The van der Waals surface area contributed by atoms with Crippen molar-refractivity contribution in [2.24, 2.45) is 11.3 Å². The summed E-state index contributed by atoms with van der Waals surface area (Å²) in [6, 6.07) is 7.15. The van der Waals surface area contributed by atoms with Gasteiger partial charge in [-0.2, -0.15) is 0 Å². The van der Waals surface area contributed by atoms with Gasteiger partial charge in [0.05, 0.1) is 11.2 Å². The van der Waals surface area contributed by atoms with Crippen molar-refractivity contribution >= 4 is 27.6 Å². The summed E-state index contributed by atoms with van der Waals surface area (Å²) < 4.78 is 26.6. The molecule has 0 amide bonds. The maximum Gasteiger partial charge on any atom is 0.311 e. The first kappa shape index (κ1) is 16.7. The second-order valence-corrected chi connectivity index (χ2v) is 9.06. The number of aryl methyl sites for hydroxylation is 1. The van der Waals surface area contributed by atoms with Crippen LogP contribution in [-0.4, -0.2) is 42.6 Å². The van der Waals surface area contributed by atoms with Crippen molar-refractivity contribution < 1.29 is 18.3 Å². The average molecular weight is 358 g/mol. The number of fused-ring (bicyclic) bond motifs is 1. The van der Waals surface area contributed by atoms with Gasteiger partial charge >= 0.3 is 5.97 Å². The first-order valence-corrected chi connectivity index (χ1v) is 9.78. The van der Waals surface area contributed by atoms with E-state index in [1.54, 1.807) is 18.2 Å². The van der Waals surface area contributed by atoms with Gasteiger partial charge in [0.15, 0.2) is 0 Å². The highest BCUT2D eigenvalue weighted by atomic mass is 35.5. The van der Waals surface area contributed by atoms with Crippen LogP contribution in [0.3, 0.4) is 0 Å². The van der Waals surface area contributed by atoms with E-state index in [0.29, 0.717) is 24.4 Å². The number of aliphatic carboxylic acids is 1. The number of carbonyl (C=O) groups is 1. The Kier molecular flexibility index (Phi) is 4.42. The Morgan fingerprint density at radius 1 is 1.43 bits per heavy atom. The minimum atomic E-state index is -3.46. The molecule has 0 aromatic heterocycles. The molecule has 23 heavy (non-hydrogen) atoms. The van der Waals surface area contributed by atoms with E-state index >= 15 is 0 Å². The Morgan fingerprint density at radius 2 is 2.22 bits per heavy atom. The molecule has 1 heterocycles. The second kappa shape index (κ2) is 6.07. The lowest BCUT2D eigenvalue weighted by Crippen LogP contribution is -2.38. The van der Waals surface area contributed by atoms with Crippen LogP contribution < -0.4 is 0 Å². The summed E-state index contributed by atoms with van der Waals surface area (Å²) >= 11 is 5.91. The Hall–Kier alpha value is -1.11. The molecule has 3 rings (SSSR count). The van der Waals surface area contributed by atoms with E-state index < -0.39 is 21.4 Å². The number of rotatable bonds is 5. The fourth-order valence-corrected chi connectivity index (χ4v) is 5.67. The van der Waals surface area contributed by atoms with Crippen molar-refractivity contribution in [2.45, 2.75) is 25.7 Å². The van der Waals surface area contributed by atoms with Gasteiger partial charge in [0, 0.05) is 18.1 Å². The summed E-state index contributed by atoms with van der Waals surface area (Å²) in [7, 11) is -3.46. The van der Waals surface area contributed by atoms with Crippen molar-refractivity contribution in [1.82, 2.24) is 4.31 Å². The number of nitrogens with zero attached hydrogens (tertiary/aromatic N) is 1. The van der Waals surface area contributed by atoms with Crippen molar-refractivity contribution in [3.63, 3.8) is 0 Å². The number of hydrogen-bond acceptors (Lipinski definition) is 3. The topological polar surface area (TPSA) is 74.7 Å². The van der Waals surface area contributed by atoms with E-state index in [4.69, 9.17) is 11.6 Å². The van der Waals surface area contributed by atoms with Gasteiger partial charge in [-0.25, -0.2) is 12.7 Å². The second-order valence-electron chi connectivity index (χ2n) is 6.54. The van der Waals surface area contributed by atoms with Crippen molar-refractivity contribution in [2.75, 3.05) is 18.8 Å². The fourth-order valence-electron chi connectivity index (χ4n) is 3.87. The van der Waals surface area contributed by atoms with Crippen LogP contribution in [0.1, 0.15) is 24.8 Å². The maximum atomic E-state index is 12.6. The normalized spacial score (nSPS) is 28.0. The molecule has 0 bridgehead atoms. The molecular formula is C16H20ClNO4S. The minimum Gasteiger partial charge on any atom is -0.481 e. The molecule has 2 aliphatic rings. The molecule has 0 spiro atoms. The van der Waals surface area contributed by atoms with Crippen molar-refractivity contribution in [3.8, 4) is 0 Å². The van der Waals surface area contributed by atoms with Crippen LogP contribution in [0.25, 0.3) is 0 Å². The zero-order valence-electron chi connectivity index (χ0n) is 12.7. The van der Waals surface area contributed by atoms with Crippen LogP contribution in [0.15, 0.2) is 24.3 Å². The van der Waals surface area contributed by atoms with Gasteiger partial charge in [-0.15, -0.1) is 0 Å². The first-order chi connectivity index (χ1) is 10.8. The molecule has 5 nitrogen and oxygen atoms in total. The van der Waals surface area contributed by atoms with Gasteiger partial charge in [-0.05, 0) is 42.9 Å². The van der Waals surface area contributed by atoms with Gasteiger partial charge in [-0.3, -0.25) is 4.79 Å². The number of sulfonamides is 1. The highest BCUT2D eigenvalue weighted by molar-refractivity contribution is 7.89. The lowest BCUT2D eigenvalue weighted by atomic mass is 9.81. The summed E-state index contributed by atoms with van der Waals surface area (Å²) in [5, 5.41) is 10.1. The van der Waals surface area contributed by atoms with Crippen molar-refractivity contribution in [3.05, 3.63) is 34.9 Å². The SMILES string of the molecule is O=C(O)[C@@]12CCC[C@H]1CN(S(=O)(=O)CCc1cccc(Cl)c1)C2. The van der Waals surface area contributed by atoms with Gasteiger partial charge in [0.25, 0.3) is 0 Å². The lowest BCUT2D eigenvalue weighted by Gasteiger charge is -2.23. The Bertz CT molecular complexity index is 721. The van der Waals surface area contributed by atoms with E-state index in [2.05, 4.69) is 0 Å². The third-order valence-electron chi connectivity index (χ3n) is 5.20. The number of hydrogen-bond donors (Lipinski definition) is 1. The largest absolute Gasteiger partial charge is 0.481 e. The lowest BCUT2D eigenvalue weighted by molar-refractivity contribution is -0.149. The molecule has 2 fully saturated rings. The van der Waals surface area contributed by atoms with E-state index in [0.717, 1.165) is 18.4 Å². The van der Waals surface area contributed by atoms with E-state index in [1.807, 2.05) is 6.07 Å². The summed E-state index contributed by atoms with van der Waals surface area (Å²) in [6.45, 7) is 0.453. The van der Waals surface area contributed by atoms with Crippen LogP contribution in [0, 0.1) is 11.3 Å². The third-order valence-corrected chi connectivity index (χ3v) is 7.22. The first-order valence-electron chi connectivity index (χ1n) is 7.79. The molecule has 7 heteroatoms. The van der Waals surface area contributed by atoms with E-state index in [-0.39, 0.29) is 18.2 Å². The average Bonchev–Trinajstić information content (AvgIpc) is 3.03. The van der Waals surface area contributed by atoms with Gasteiger partial charge in [-0.1, -0.05) is 30.2 Å². The zero-order valence-corrected chi connectivity index (χ0v) is 14.3. The maximum absolute atomic E-state index is 12.6. The van der Waals surface area contributed by atoms with Crippen LogP contribution in [0.2, 0.25) is 5.02 Å². The third kappa shape index (κ3) is 3.12. The fraction of sp³-hybridized carbons (Fsp3) is 0.562. The molecule has 1 aliphatic heterocycles. The predicted molar refractivity (Wildman–Crippen MR) is 87.9 cm³/mol. The molecule has 0 unspecified atom stereocenters. The predicted octanol–water partition coefficient (Wildman–Crippen LogP) is 2.40. The molecule has 0 radical (unpaired) electrons. The highest BCUT2D eigenvalue weighted by Gasteiger charge is 2.56. The zero-order chi connectivity index (χ0) is 16.7. The number of halogens is 1. The Balaban J connectivity index is 1.70. The Labute approximate surface area is 141 Å². The van der Waals surface area contributed by atoms with E-state index in [9.17, 15) is 18.3 Å². The van der Waals surface area contributed by atoms with Gasteiger partial charge in [0.1, 0.15) is 0 Å². The van der Waals surface area contributed by atoms with Crippen LogP contribution in [0.5, 0.6) is 0 Å². The number of carboxylic acid groups (broad SMARTS) is 1. The molecule has 1 aromatic rings. The molecule has 1 saturated heterocycles. The molecular weight excluding hydrogens is 338 g/mol. The molecule has 1 aliphatic carbocycles. The van der Waals surface area contributed by atoms with Crippen LogP contribution >= 0.6 is 11.6 Å². The minimum absolute atomic E-state index is 0.0181. The van der Waals surface area contributed by atoms with Crippen molar-refractivity contribution in [1.29, 1.82) is 0 Å². The Morgan fingerprint density at radius 3 is 2.87 bits per heavy atom. The molecule has 2 atom stereocenters. The number of carboxylic acids is 1. The summed E-state index contributed by atoms with van der Waals surface area (Å²) in [4.78, 5) is 11.7. The van der Waals surface area contributed by atoms with Crippen LogP contribution in [-0.2, 0) is 21.2 Å². The molecule has 1 aromatic carbocycles. The number of benzene rings is 1. The molecule has 1 N–H and O–H groups in total. The van der Waals surface area contributed by atoms with Gasteiger partial charge < -0.3 is 5.11 Å². The van der Waals surface area contributed by atoms with E-state index in [1.165, 1.54) is 4.31 Å². The molecule has 126 valence electrons. The smallest absolute Gasteiger partial charge is 0.311 e. The van der Waals surface area contributed by atoms with Crippen LogP contribution in [0.4, 0.5) is 0 Å². The highest BCUT2D eigenvalue weighted by Crippen LogP contribution is 2.49. The monoisotopic (exact) mass is 357 g/mol. The molecule has 1 saturated carbocycles. The standard InChI is InChI=1S/C16H20ClNO4S/c17-14-5-1-3-12(9-14)6-8-23(21,22)18-10-13-4-2-7-16(13,11-18)15(19)20/h1,3,5,9,13H,2,4,6-8,10-11H2,(H,19,20)/t13-,16+/m0/s1. The summed E-state index contributed by atoms with van der Waals surface area (Å²) in [5.74, 6) is -0.927. The quantitative estimate of drug-likeness (QED) is 0.878. The van der Waals surface area contributed by atoms with Gasteiger partial charge in [0.2, 0.25) is 10.0 Å².